The van der Waals surface area contributed by atoms with Gasteiger partial charge in [-0.3, -0.25) is 0 Å². The number of aliphatic hydroxyl groups is 1. The number of esters is 1. The van der Waals surface area contributed by atoms with Crippen LogP contribution in [0.1, 0.15) is 24.0 Å². The number of piperidine rings is 1. The topological polar surface area (TPSA) is 107 Å². The van der Waals surface area contributed by atoms with E-state index in [9.17, 15) is 19.8 Å². The van der Waals surface area contributed by atoms with Crippen molar-refractivity contribution in [2.45, 2.75) is 18.4 Å². The van der Waals surface area contributed by atoms with Crippen molar-refractivity contribution in [2.75, 3.05) is 19.7 Å². The molecule has 0 aromatic heterocycles. The predicted octanol–water partition coefficient (Wildman–Crippen LogP) is 2.56. The molecule has 1 fully saturated rings. The van der Waals surface area contributed by atoms with Gasteiger partial charge in [-0.2, -0.15) is 0 Å². The number of likely N-dealkylation sites (tertiary alicyclic amines) is 1. The van der Waals surface area contributed by atoms with Crippen LogP contribution in [0.2, 0.25) is 0 Å². The second-order valence-corrected chi connectivity index (χ2v) is 6.94. The Bertz CT molecular complexity index is 832. The third kappa shape index (κ3) is 4.09. The molecule has 2 aromatic rings. The fourth-order valence-electron chi connectivity index (χ4n) is 3.40. The minimum Gasteiger partial charge on any atom is -0.508 e. The van der Waals surface area contributed by atoms with E-state index in [-0.39, 0.29) is 23.8 Å². The molecule has 2 aromatic carbocycles. The molecule has 1 heterocycles. The van der Waals surface area contributed by atoms with E-state index in [2.05, 4.69) is 0 Å². The second-order valence-electron chi connectivity index (χ2n) is 6.94. The summed E-state index contributed by atoms with van der Waals surface area (Å²) in [5.41, 5.74) is -1.50. The number of hydrogen-bond donors (Lipinski definition) is 3. The van der Waals surface area contributed by atoms with Gasteiger partial charge in [0.05, 0.1) is 6.61 Å². The fourth-order valence-corrected chi connectivity index (χ4v) is 3.40. The van der Waals surface area contributed by atoms with Crippen molar-refractivity contribution in [2.24, 2.45) is 5.92 Å². The number of amides is 1. The number of benzene rings is 2. The van der Waals surface area contributed by atoms with E-state index < -0.39 is 17.7 Å². The summed E-state index contributed by atoms with van der Waals surface area (Å²) in [5, 5.41) is 30.1. The van der Waals surface area contributed by atoms with E-state index in [1.165, 1.54) is 17.0 Å². The Kier molecular flexibility index (Phi) is 5.84. The van der Waals surface area contributed by atoms with Crippen LogP contribution in [0.15, 0.2) is 54.6 Å². The van der Waals surface area contributed by atoms with Gasteiger partial charge in [0.25, 0.3) is 0 Å². The van der Waals surface area contributed by atoms with Gasteiger partial charge in [0.2, 0.25) is 5.60 Å². The molecule has 1 atom stereocenters. The lowest BCUT2D eigenvalue weighted by Crippen LogP contribution is -2.41. The van der Waals surface area contributed by atoms with Gasteiger partial charge in [-0.15, -0.1) is 0 Å². The van der Waals surface area contributed by atoms with Gasteiger partial charge in [-0.05, 0) is 36.5 Å². The quantitative estimate of drug-likeness (QED) is 0.683. The van der Waals surface area contributed by atoms with Gasteiger partial charge in [0.15, 0.2) is 0 Å². The summed E-state index contributed by atoms with van der Waals surface area (Å²) >= 11 is 0. The molecule has 0 spiro atoms. The SMILES string of the molecule is O=C(O)N1CCC(COC(=O)C(O)(c2ccccc2)c2cccc(O)c2)CC1. The molecule has 0 radical (unpaired) electrons. The number of phenolic OH excluding ortho intramolecular Hbond substituents is 1. The molecular weight excluding hydrogens is 362 g/mol. The number of carbonyl (C=O) groups excluding carboxylic acids is 1. The highest BCUT2D eigenvalue weighted by Crippen LogP contribution is 2.33. The van der Waals surface area contributed by atoms with Crippen molar-refractivity contribution in [3.8, 4) is 5.75 Å². The number of nitrogens with zero attached hydrogens (tertiary/aromatic N) is 1. The number of aromatic hydroxyl groups is 1. The number of hydrogen-bond acceptors (Lipinski definition) is 5. The van der Waals surface area contributed by atoms with E-state index >= 15 is 0 Å². The van der Waals surface area contributed by atoms with Crippen LogP contribution in [-0.2, 0) is 15.1 Å². The molecule has 148 valence electrons. The third-order valence-electron chi connectivity index (χ3n) is 5.09. The number of carbonyl (C=O) groups is 2. The zero-order chi connectivity index (χ0) is 20.1. The van der Waals surface area contributed by atoms with Crippen LogP contribution in [0, 0.1) is 5.92 Å². The first-order valence-corrected chi connectivity index (χ1v) is 9.13. The summed E-state index contributed by atoms with van der Waals surface area (Å²) in [5.74, 6) is -0.866. The summed E-state index contributed by atoms with van der Waals surface area (Å²) < 4.78 is 5.45. The Balaban J connectivity index is 1.76. The van der Waals surface area contributed by atoms with Crippen molar-refractivity contribution in [1.82, 2.24) is 4.90 Å². The highest BCUT2D eigenvalue weighted by Gasteiger charge is 2.42. The van der Waals surface area contributed by atoms with E-state index in [4.69, 9.17) is 9.84 Å². The molecule has 7 heteroatoms. The van der Waals surface area contributed by atoms with E-state index in [0.717, 1.165) is 0 Å². The highest BCUT2D eigenvalue weighted by molar-refractivity contribution is 5.85. The average molecular weight is 385 g/mol. The second kappa shape index (κ2) is 8.31. The zero-order valence-electron chi connectivity index (χ0n) is 15.3. The molecule has 0 aliphatic carbocycles. The Morgan fingerprint density at radius 2 is 1.68 bits per heavy atom. The number of rotatable bonds is 5. The number of carboxylic acid groups (broad SMARTS) is 1. The Hall–Kier alpha value is -3.06. The smallest absolute Gasteiger partial charge is 0.407 e. The standard InChI is InChI=1S/C21H23NO6/c23-18-8-4-7-17(13-18)21(27,16-5-2-1-3-6-16)19(24)28-14-15-9-11-22(12-10-15)20(25)26/h1-8,13,15,23,27H,9-12,14H2,(H,25,26). The van der Waals surface area contributed by atoms with Crippen LogP contribution in [0.25, 0.3) is 0 Å². The summed E-state index contributed by atoms with van der Waals surface area (Å²) in [6.45, 7) is 0.889. The van der Waals surface area contributed by atoms with Crippen LogP contribution >= 0.6 is 0 Å². The molecule has 28 heavy (non-hydrogen) atoms. The van der Waals surface area contributed by atoms with E-state index in [1.807, 2.05) is 0 Å². The molecule has 0 saturated carbocycles. The third-order valence-corrected chi connectivity index (χ3v) is 5.09. The van der Waals surface area contributed by atoms with Crippen LogP contribution in [0.4, 0.5) is 4.79 Å². The zero-order valence-corrected chi connectivity index (χ0v) is 15.3. The highest BCUT2D eigenvalue weighted by atomic mass is 16.5. The summed E-state index contributed by atoms with van der Waals surface area (Å²) in [6, 6.07) is 14.3. The number of phenols is 1. The maximum atomic E-state index is 12.9. The largest absolute Gasteiger partial charge is 0.508 e. The van der Waals surface area contributed by atoms with E-state index in [1.54, 1.807) is 42.5 Å². The first kappa shape index (κ1) is 19.7. The molecule has 1 unspecified atom stereocenters. The molecule has 7 nitrogen and oxygen atoms in total. The van der Waals surface area contributed by atoms with Gasteiger partial charge in [-0.1, -0.05) is 42.5 Å². The minimum atomic E-state index is -2.05. The van der Waals surface area contributed by atoms with Crippen LogP contribution in [-0.4, -0.2) is 52.0 Å². The monoisotopic (exact) mass is 385 g/mol. The lowest BCUT2D eigenvalue weighted by molar-refractivity contribution is -0.164. The molecule has 1 aliphatic rings. The van der Waals surface area contributed by atoms with E-state index in [0.29, 0.717) is 31.5 Å². The van der Waals surface area contributed by atoms with Crippen molar-refractivity contribution in [3.05, 3.63) is 65.7 Å². The molecule has 1 aliphatic heterocycles. The molecule has 0 bridgehead atoms. The molecular formula is C21H23NO6. The molecule has 3 N–H and O–H groups in total. The van der Waals surface area contributed by atoms with Crippen LogP contribution < -0.4 is 0 Å². The van der Waals surface area contributed by atoms with Crippen molar-refractivity contribution >= 4 is 12.1 Å². The minimum absolute atomic E-state index is 0.0312. The Labute approximate surface area is 162 Å². The van der Waals surface area contributed by atoms with Gasteiger partial charge in [0, 0.05) is 18.7 Å². The Morgan fingerprint density at radius 3 is 2.29 bits per heavy atom. The van der Waals surface area contributed by atoms with Crippen LogP contribution in [0.3, 0.4) is 0 Å². The predicted molar refractivity (Wildman–Crippen MR) is 101 cm³/mol. The van der Waals surface area contributed by atoms with Gasteiger partial charge in [-0.25, -0.2) is 9.59 Å². The molecule has 1 saturated heterocycles. The van der Waals surface area contributed by atoms with Crippen molar-refractivity contribution < 1.29 is 29.6 Å². The Morgan fingerprint density at radius 1 is 1.04 bits per heavy atom. The average Bonchev–Trinajstić information content (AvgIpc) is 2.72. The maximum Gasteiger partial charge on any atom is 0.407 e. The lowest BCUT2D eigenvalue weighted by atomic mass is 9.86. The molecule has 1 amide bonds. The molecule has 3 rings (SSSR count). The van der Waals surface area contributed by atoms with Crippen LogP contribution in [0.5, 0.6) is 5.75 Å². The van der Waals surface area contributed by atoms with Crippen molar-refractivity contribution in [3.63, 3.8) is 0 Å². The fraction of sp³-hybridized carbons (Fsp3) is 0.333. The summed E-state index contributed by atoms with van der Waals surface area (Å²) in [6.07, 6.45) is 0.239. The number of ether oxygens (including phenoxy) is 1. The summed E-state index contributed by atoms with van der Waals surface area (Å²) in [4.78, 5) is 25.3. The van der Waals surface area contributed by atoms with Gasteiger partial charge in [0.1, 0.15) is 5.75 Å². The normalized spacial score (nSPS) is 17.0. The maximum absolute atomic E-state index is 12.9. The first-order chi connectivity index (χ1) is 13.4. The lowest BCUT2D eigenvalue weighted by Gasteiger charge is -2.31. The summed E-state index contributed by atoms with van der Waals surface area (Å²) in [7, 11) is 0. The van der Waals surface area contributed by atoms with Gasteiger partial charge >= 0.3 is 12.1 Å². The van der Waals surface area contributed by atoms with Gasteiger partial charge < -0.3 is 25.0 Å². The first-order valence-electron chi connectivity index (χ1n) is 9.13. The van der Waals surface area contributed by atoms with Crippen molar-refractivity contribution in [1.29, 1.82) is 0 Å².